The molecular weight excluding hydrogens is 699 g/mol. The van der Waals surface area contributed by atoms with E-state index in [4.69, 9.17) is 4.74 Å². The van der Waals surface area contributed by atoms with Crippen molar-refractivity contribution in [1.82, 2.24) is 24.8 Å². The smallest absolute Gasteiger partial charge is 0.434 e. The van der Waals surface area contributed by atoms with Gasteiger partial charge in [-0.1, -0.05) is 0 Å². The van der Waals surface area contributed by atoms with Crippen LogP contribution >= 0.6 is 0 Å². The zero-order valence-electron chi connectivity index (χ0n) is 28.1. The van der Waals surface area contributed by atoms with Gasteiger partial charge in [-0.3, -0.25) is 9.69 Å². The molecule has 5 saturated carbocycles. The van der Waals surface area contributed by atoms with Crippen molar-refractivity contribution in [2.24, 2.45) is 23.7 Å². The van der Waals surface area contributed by atoms with E-state index in [0.717, 1.165) is 12.6 Å². The van der Waals surface area contributed by atoms with E-state index in [1.807, 2.05) is 0 Å². The molecule has 6 aliphatic rings. The molecule has 52 heavy (non-hydrogen) atoms. The molecule has 0 spiro atoms. The Morgan fingerprint density at radius 3 is 2.21 bits per heavy atom. The molecular formula is C36H38F7N5O4. The monoisotopic (exact) mass is 737 g/mol. The number of fused-ring (bicyclic) bond motifs is 1. The number of ether oxygens (including phenoxy) is 1. The SMILES string of the molecule is O=C(NC1(C(=O)O)C2CC3CC(C2)CC1C3)c1cnc(-c2cn(C3CCC(F)(F)CC3)c3cc(OCCN4CC(F)(F)C4)ccc23)nc1C(F)(F)F. The van der Waals surface area contributed by atoms with Crippen LogP contribution in [0.25, 0.3) is 22.3 Å². The lowest BCUT2D eigenvalue weighted by Gasteiger charge is -2.59. The normalized spacial score (nSPS) is 29.6. The molecule has 1 aliphatic heterocycles. The van der Waals surface area contributed by atoms with Crippen molar-refractivity contribution in [3.8, 4) is 17.1 Å². The van der Waals surface area contributed by atoms with Gasteiger partial charge in [-0.15, -0.1) is 0 Å². The maximum Gasteiger partial charge on any atom is 0.434 e. The Hall–Kier alpha value is -3.95. The van der Waals surface area contributed by atoms with E-state index in [2.05, 4.69) is 15.3 Å². The van der Waals surface area contributed by atoms with Crippen LogP contribution in [0.15, 0.2) is 30.6 Å². The van der Waals surface area contributed by atoms with Crippen molar-refractivity contribution in [2.75, 3.05) is 26.2 Å². The highest BCUT2D eigenvalue weighted by Gasteiger charge is 2.62. The van der Waals surface area contributed by atoms with E-state index in [0.29, 0.717) is 54.2 Å². The fraction of sp³-hybridized carbons (Fsp3) is 0.611. The Balaban J connectivity index is 1.12. The molecule has 0 atom stereocenters. The molecule has 0 unspecified atom stereocenters. The number of carboxylic acid groups (broad SMARTS) is 1. The first-order valence-corrected chi connectivity index (χ1v) is 17.8. The topological polar surface area (TPSA) is 110 Å². The summed E-state index contributed by atoms with van der Waals surface area (Å²) in [5, 5.41) is 13.4. The number of aliphatic carboxylic acids is 1. The number of rotatable bonds is 9. The molecule has 1 aromatic carbocycles. The van der Waals surface area contributed by atoms with Crippen molar-refractivity contribution in [3.63, 3.8) is 0 Å². The quantitative estimate of drug-likeness (QED) is 0.224. The molecule has 16 heteroatoms. The number of likely N-dealkylation sites (tertiary alicyclic amines) is 1. The minimum absolute atomic E-state index is 0.0954. The third-order valence-electron chi connectivity index (χ3n) is 12.1. The van der Waals surface area contributed by atoms with Gasteiger partial charge in [0.1, 0.15) is 17.9 Å². The predicted octanol–water partition coefficient (Wildman–Crippen LogP) is 7.21. The molecule has 4 bridgehead atoms. The number of carbonyl (C=O) groups excluding carboxylic acids is 1. The highest BCUT2D eigenvalue weighted by atomic mass is 19.4. The second-order valence-electron chi connectivity index (χ2n) is 15.5. The number of aromatic nitrogens is 3. The molecule has 9 rings (SSSR count). The molecule has 0 radical (unpaired) electrons. The highest BCUT2D eigenvalue weighted by molar-refractivity contribution is 6.00. The van der Waals surface area contributed by atoms with Gasteiger partial charge in [-0.25, -0.2) is 32.3 Å². The van der Waals surface area contributed by atoms with Crippen LogP contribution in [-0.4, -0.2) is 80.0 Å². The summed E-state index contributed by atoms with van der Waals surface area (Å²) in [6.45, 7) is -0.382. The lowest BCUT2D eigenvalue weighted by Crippen LogP contribution is -2.70. The van der Waals surface area contributed by atoms with E-state index in [1.165, 1.54) is 11.1 Å². The van der Waals surface area contributed by atoms with Crippen LogP contribution in [0.3, 0.4) is 0 Å². The summed E-state index contributed by atoms with van der Waals surface area (Å²) in [5.74, 6) is -8.11. The molecule has 280 valence electrons. The number of hydrogen-bond donors (Lipinski definition) is 2. The molecule has 3 aromatic rings. The van der Waals surface area contributed by atoms with E-state index < -0.39 is 52.7 Å². The van der Waals surface area contributed by atoms with E-state index in [1.54, 1.807) is 22.8 Å². The first-order valence-electron chi connectivity index (χ1n) is 17.8. The number of benzene rings is 1. The van der Waals surface area contributed by atoms with Gasteiger partial charge >= 0.3 is 12.1 Å². The lowest BCUT2D eigenvalue weighted by atomic mass is 9.48. The average Bonchev–Trinajstić information content (AvgIpc) is 3.43. The van der Waals surface area contributed by atoms with Crippen LogP contribution in [0.1, 0.15) is 79.9 Å². The Labute approximate surface area is 293 Å². The first-order chi connectivity index (χ1) is 24.5. The summed E-state index contributed by atoms with van der Waals surface area (Å²) in [5.41, 5.74) is -3.45. The Morgan fingerprint density at radius 1 is 0.962 bits per heavy atom. The van der Waals surface area contributed by atoms with Gasteiger partial charge in [0, 0.05) is 54.8 Å². The van der Waals surface area contributed by atoms with Crippen LogP contribution in [0.4, 0.5) is 30.7 Å². The summed E-state index contributed by atoms with van der Waals surface area (Å²) in [7, 11) is 0. The second-order valence-corrected chi connectivity index (χ2v) is 15.5. The molecule has 6 fully saturated rings. The third kappa shape index (κ3) is 6.17. The number of nitrogens with one attached hydrogen (secondary N) is 1. The summed E-state index contributed by atoms with van der Waals surface area (Å²) < 4.78 is 106. The Kier molecular flexibility index (Phi) is 8.31. The fourth-order valence-electron chi connectivity index (χ4n) is 9.85. The van der Waals surface area contributed by atoms with Gasteiger partial charge in [-0.05, 0) is 80.8 Å². The fourth-order valence-corrected chi connectivity index (χ4v) is 9.85. The third-order valence-corrected chi connectivity index (χ3v) is 12.1. The molecule has 5 aliphatic carbocycles. The minimum atomic E-state index is -5.11. The van der Waals surface area contributed by atoms with Gasteiger partial charge in [0.25, 0.3) is 11.8 Å². The zero-order valence-corrected chi connectivity index (χ0v) is 28.1. The number of amides is 1. The van der Waals surface area contributed by atoms with Crippen molar-refractivity contribution < 1.29 is 50.2 Å². The van der Waals surface area contributed by atoms with Gasteiger partial charge < -0.3 is 19.7 Å². The van der Waals surface area contributed by atoms with Crippen molar-refractivity contribution in [2.45, 2.75) is 87.4 Å². The molecule has 3 heterocycles. The zero-order chi connectivity index (χ0) is 36.8. The number of halogens is 7. The summed E-state index contributed by atoms with van der Waals surface area (Å²) >= 11 is 0. The van der Waals surface area contributed by atoms with Crippen molar-refractivity contribution in [1.29, 1.82) is 0 Å². The highest BCUT2D eigenvalue weighted by Crippen LogP contribution is 2.58. The van der Waals surface area contributed by atoms with Crippen LogP contribution in [0, 0.1) is 23.7 Å². The minimum Gasteiger partial charge on any atom is -0.492 e. The maximum atomic E-state index is 14.7. The number of hydrogen-bond acceptors (Lipinski definition) is 6. The van der Waals surface area contributed by atoms with E-state index in [-0.39, 0.29) is 75.1 Å². The van der Waals surface area contributed by atoms with Gasteiger partial charge in [-0.2, -0.15) is 13.2 Å². The number of nitrogens with zero attached hydrogens (tertiary/aromatic N) is 4. The number of carboxylic acids is 1. The summed E-state index contributed by atoms with van der Waals surface area (Å²) in [6, 6.07) is 4.36. The van der Waals surface area contributed by atoms with Gasteiger partial charge in [0.15, 0.2) is 11.5 Å². The Morgan fingerprint density at radius 2 is 1.62 bits per heavy atom. The van der Waals surface area contributed by atoms with Crippen LogP contribution in [-0.2, 0) is 11.0 Å². The first kappa shape index (κ1) is 35.1. The maximum absolute atomic E-state index is 14.7. The summed E-state index contributed by atoms with van der Waals surface area (Å²) in [6.07, 6.45) is 0.0146. The van der Waals surface area contributed by atoms with Crippen LogP contribution in [0.2, 0.25) is 0 Å². The largest absolute Gasteiger partial charge is 0.492 e. The Bertz CT molecular complexity index is 1870. The molecule has 1 amide bonds. The van der Waals surface area contributed by atoms with Crippen molar-refractivity contribution >= 4 is 22.8 Å². The molecule has 1 saturated heterocycles. The molecule has 9 nitrogen and oxygen atoms in total. The lowest BCUT2D eigenvalue weighted by molar-refractivity contribution is -0.163. The number of alkyl halides is 7. The average molecular weight is 738 g/mol. The van der Waals surface area contributed by atoms with Gasteiger partial charge in [0.05, 0.1) is 24.2 Å². The van der Waals surface area contributed by atoms with Gasteiger partial charge in [0.2, 0.25) is 5.92 Å². The predicted molar refractivity (Wildman–Crippen MR) is 172 cm³/mol. The van der Waals surface area contributed by atoms with Crippen LogP contribution < -0.4 is 10.1 Å². The molecule has 2 N–H and O–H groups in total. The van der Waals surface area contributed by atoms with E-state index in [9.17, 15) is 45.4 Å². The van der Waals surface area contributed by atoms with E-state index >= 15 is 0 Å². The standard InChI is InChI=1S/C36H38F7N5O4/c37-33(38)5-3-23(4-6-33)48-16-27(25-2-1-24(14-28(25)48)52-8-7-47-17-34(39,40)18-47)30-44-15-26(29(45-30)36(41,42)43)31(49)46-35(32(50)51)21-10-19-9-20(12-21)13-22(35)11-19/h1-2,14-16,19-23H,3-13,17-18H2,(H,46,49)(H,50,51). The van der Waals surface area contributed by atoms with Crippen LogP contribution in [0.5, 0.6) is 5.75 Å². The summed E-state index contributed by atoms with van der Waals surface area (Å²) in [4.78, 5) is 36.1. The number of carbonyl (C=O) groups is 2. The second kappa shape index (κ2) is 12.3. The molecule has 2 aromatic heterocycles. The van der Waals surface area contributed by atoms with Crippen molar-refractivity contribution in [3.05, 3.63) is 41.9 Å².